The molecule has 0 bridgehead atoms. The third-order valence-electron chi connectivity index (χ3n) is 6.20. The van der Waals surface area contributed by atoms with Gasteiger partial charge in [0.25, 0.3) is 5.56 Å². The van der Waals surface area contributed by atoms with Crippen LogP contribution in [-0.4, -0.2) is 23.0 Å². The van der Waals surface area contributed by atoms with Crippen LogP contribution in [0.5, 0.6) is 11.5 Å². The summed E-state index contributed by atoms with van der Waals surface area (Å²) in [5.74, 6) is 1.58. The van der Waals surface area contributed by atoms with Crippen molar-refractivity contribution in [3.8, 4) is 23.1 Å². The molecule has 4 aromatic carbocycles. The van der Waals surface area contributed by atoms with E-state index in [0.717, 1.165) is 10.9 Å². The summed E-state index contributed by atoms with van der Waals surface area (Å²) in [6, 6.07) is 29.8. The van der Waals surface area contributed by atoms with Gasteiger partial charge in [-0.05, 0) is 47.5 Å². The normalized spacial score (nSPS) is 11.4. The van der Waals surface area contributed by atoms with Crippen LogP contribution in [0.15, 0.2) is 111 Å². The molecule has 0 radical (unpaired) electrons. The molecule has 0 atom stereocenters. The molecule has 6 rings (SSSR count). The molecule has 6 aromatic rings. The van der Waals surface area contributed by atoms with E-state index in [4.69, 9.17) is 30.5 Å². The van der Waals surface area contributed by atoms with E-state index in [0.29, 0.717) is 50.9 Å². The van der Waals surface area contributed by atoms with Crippen molar-refractivity contribution >= 4 is 39.7 Å². The number of ether oxygens (including phenoxy) is 2. The molecule has 39 heavy (non-hydrogen) atoms. The lowest BCUT2D eigenvalue weighted by Crippen LogP contribution is -2.20. The van der Waals surface area contributed by atoms with E-state index in [-0.39, 0.29) is 11.4 Å². The van der Waals surface area contributed by atoms with Crippen LogP contribution < -0.4 is 15.0 Å². The fourth-order valence-corrected chi connectivity index (χ4v) is 4.56. The number of methoxy groups -OCH3 is 1. The van der Waals surface area contributed by atoms with E-state index < -0.39 is 0 Å². The van der Waals surface area contributed by atoms with Crippen LogP contribution in [0.2, 0.25) is 5.02 Å². The number of hydrogen-bond acceptors (Lipinski definition) is 6. The molecule has 0 amide bonds. The van der Waals surface area contributed by atoms with Crippen molar-refractivity contribution < 1.29 is 13.9 Å². The summed E-state index contributed by atoms with van der Waals surface area (Å²) in [6.07, 6.45) is 1.53. The van der Waals surface area contributed by atoms with E-state index in [2.05, 4.69) is 5.10 Å². The molecule has 0 N–H and O–H groups in total. The fraction of sp³-hybridized carbons (Fsp3) is 0.0645. The van der Waals surface area contributed by atoms with Crippen LogP contribution in [0.3, 0.4) is 0 Å². The molecule has 2 heterocycles. The Labute approximate surface area is 228 Å². The number of hydrogen-bond donors (Lipinski definition) is 0. The number of nitrogens with zero attached hydrogens (tertiary/aromatic N) is 3. The minimum atomic E-state index is -0.326. The van der Waals surface area contributed by atoms with Gasteiger partial charge in [-0.15, -0.1) is 0 Å². The maximum atomic E-state index is 13.5. The molecule has 7 nitrogen and oxygen atoms in total. The number of para-hydroxylation sites is 2. The lowest BCUT2D eigenvalue weighted by Gasteiger charge is -2.13. The number of benzene rings is 4. The minimum Gasteiger partial charge on any atom is -0.493 e. The minimum absolute atomic E-state index is 0.284. The zero-order valence-corrected chi connectivity index (χ0v) is 21.6. The highest BCUT2D eigenvalue weighted by atomic mass is 35.5. The number of aromatic nitrogens is 2. The van der Waals surface area contributed by atoms with Crippen LogP contribution in [0.1, 0.15) is 11.1 Å². The third-order valence-corrected chi connectivity index (χ3v) is 6.48. The number of halogens is 1. The molecule has 0 saturated carbocycles. The summed E-state index contributed by atoms with van der Waals surface area (Å²) in [5.41, 5.74) is 2.53. The van der Waals surface area contributed by atoms with Gasteiger partial charge in [-0.2, -0.15) is 9.78 Å². The molecule has 2 aromatic heterocycles. The van der Waals surface area contributed by atoms with Crippen LogP contribution in [0, 0.1) is 0 Å². The van der Waals surface area contributed by atoms with E-state index in [1.165, 1.54) is 10.9 Å². The first-order valence-corrected chi connectivity index (χ1v) is 12.6. The average molecular weight is 536 g/mol. The summed E-state index contributed by atoms with van der Waals surface area (Å²) in [4.78, 5) is 18.2. The van der Waals surface area contributed by atoms with E-state index in [1.54, 1.807) is 37.4 Å². The van der Waals surface area contributed by atoms with Gasteiger partial charge in [-0.25, -0.2) is 4.98 Å². The third kappa shape index (κ3) is 4.87. The molecule has 0 saturated heterocycles. The fourth-order valence-electron chi connectivity index (χ4n) is 4.29. The van der Waals surface area contributed by atoms with Crippen molar-refractivity contribution in [1.29, 1.82) is 0 Å². The second kappa shape index (κ2) is 10.5. The molecule has 0 aliphatic heterocycles. The summed E-state index contributed by atoms with van der Waals surface area (Å²) < 4.78 is 18.8. The lowest BCUT2D eigenvalue weighted by molar-refractivity contribution is 0.284. The highest BCUT2D eigenvalue weighted by molar-refractivity contribution is 6.32. The van der Waals surface area contributed by atoms with Gasteiger partial charge in [0.05, 0.1) is 29.2 Å². The highest BCUT2D eigenvalue weighted by Crippen LogP contribution is 2.36. The standard InChI is InChI=1S/C31H22ClN3O4/c1-37-27-16-21(15-24(32)29(27)38-19-20-9-3-2-4-10-20)18-33-35-30(28-17-22-11-5-8-14-26(22)39-28)34-25-13-7-6-12-23(25)31(35)36/h2-18H,19H2,1H3. The van der Waals surface area contributed by atoms with Crippen molar-refractivity contribution in [2.45, 2.75) is 6.61 Å². The molecule has 0 unspecified atom stereocenters. The molecule has 8 heteroatoms. The predicted octanol–water partition coefficient (Wildman–Crippen LogP) is 6.93. The monoisotopic (exact) mass is 535 g/mol. The van der Waals surface area contributed by atoms with Gasteiger partial charge in [-0.3, -0.25) is 4.79 Å². The molecule has 0 fully saturated rings. The summed E-state index contributed by atoms with van der Waals surface area (Å²) in [6.45, 7) is 0.337. The van der Waals surface area contributed by atoms with Gasteiger partial charge in [0, 0.05) is 5.39 Å². The van der Waals surface area contributed by atoms with E-state index in [1.807, 2.05) is 66.7 Å². The molecular weight excluding hydrogens is 514 g/mol. The molecular formula is C31H22ClN3O4. The summed E-state index contributed by atoms with van der Waals surface area (Å²) in [7, 11) is 1.54. The van der Waals surface area contributed by atoms with Gasteiger partial charge < -0.3 is 13.9 Å². The number of furan rings is 1. The smallest absolute Gasteiger partial charge is 0.282 e. The largest absolute Gasteiger partial charge is 0.493 e. The van der Waals surface area contributed by atoms with Crippen LogP contribution in [0.4, 0.5) is 0 Å². The Bertz CT molecular complexity index is 1860. The highest BCUT2D eigenvalue weighted by Gasteiger charge is 2.17. The number of fused-ring (bicyclic) bond motifs is 2. The van der Waals surface area contributed by atoms with Gasteiger partial charge in [0.15, 0.2) is 17.3 Å². The zero-order valence-electron chi connectivity index (χ0n) is 20.9. The van der Waals surface area contributed by atoms with Crippen molar-refractivity contribution in [1.82, 2.24) is 9.66 Å². The van der Waals surface area contributed by atoms with Crippen LogP contribution in [-0.2, 0) is 6.61 Å². The first kappa shape index (κ1) is 24.5. The van der Waals surface area contributed by atoms with Gasteiger partial charge in [0.1, 0.15) is 12.2 Å². The van der Waals surface area contributed by atoms with E-state index in [9.17, 15) is 4.79 Å². The Kier molecular flexibility index (Phi) is 6.57. The Morgan fingerprint density at radius 1 is 0.974 bits per heavy atom. The Hall–Kier alpha value is -4.88. The average Bonchev–Trinajstić information content (AvgIpc) is 3.40. The Morgan fingerprint density at radius 3 is 2.56 bits per heavy atom. The topological polar surface area (TPSA) is 78.9 Å². The molecule has 0 aliphatic carbocycles. The van der Waals surface area contributed by atoms with Crippen molar-refractivity contribution in [2.75, 3.05) is 7.11 Å². The second-order valence-corrected chi connectivity index (χ2v) is 9.18. The van der Waals surface area contributed by atoms with Gasteiger partial charge in [-0.1, -0.05) is 72.3 Å². The van der Waals surface area contributed by atoms with Crippen molar-refractivity contribution in [2.24, 2.45) is 5.10 Å². The second-order valence-electron chi connectivity index (χ2n) is 8.77. The maximum absolute atomic E-state index is 13.5. The van der Waals surface area contributed by atoms with E-state index >= 15 is 0 Å². The Morgan fingerprint density at radius 2 is 1.74 bits per heavy atom. The van der Waals surface area contributed by atoms with Crippen LogP contribution in [0.25, 0.3) is 33.5 Å². The predicted molar refractivity (Wildman–Crippen MR) is 153 cm³/mol. The molecule has 0 aliphatic rings. The zero-order chi connectivity index (χ0) is 26.8. The molecule has 192 valence electrons. The SMILES string of the molecule is COc1cc(C=Nn2c(-c3cc4ccccc4o3)nc3ccccc3c2=O)cc(Cl)c1OCc1ccccc1. The van der Waals surface area contributed by atoms with Crippen LogP contribution >= 0.6 is 11.6 Å². The quantitative estimate of drug-likeness (QED) is 0.207. The Balaban J connectivity index is 1.40. The van der Waals surface area contributed by atoms with Crippen molar-refractivity contribution in [3.05, 3.63) is 124 Å². The molecule has 0 spiro atoms. The van der Waals surface area contributed by atoms with Gasteiger partial charge in [0.2, 0.25) is 5.82 Å². The van der Waals surface area contributed by atoms with Crippen molar-refractivity contribution in [3.63, 3.8) is 0 Å². The summed E-state index contributed by atoms with van der Waals surface area (Å²) >= 11 is 6.58. The lowest BCUT2D eigenvalue weighted by atomic mass is 10.2. The number of rotatable bonds is 7. The maximum Gasteiger partial charge on any atom is 0.282 e. The van der Waals surface area contributed by atoms with Gasteiger partial charge >= 0.3 is 0 Å². The first-order chi connectivity index (χ1) is 19.1. The summed E-state index contributed by atoms with van der Waals surface area (Å²) in [5, 5.41) is 6.20. The first-order valence-electron chi connectivity index (χ1n) is 12.2.